The molecule has 0 spiro atoms. The molecule has 11 heteroatoms. The number of hydrogen-bond donors (Lipinski definition) is 1. The van der Waals surface area contributed by atoms with Crippen LogP contribution in [0.3, 0.4) is 0 Å². The summed E-state index contributed by atoms with van der Waals surface area (Å²) in [5.74, 6) is -0.426. The molecule has 43 heavy (non-hydrogen) atoms. The third-order valence-electron chi connectivity index (χ3n) is 7.90. The van der Waals surface area contributed by atoms with Gasteiger partial charge in [0.15, 0.2) is 0 Å². The summed E-state index contributed by atoms with van der Waals surface area (Å²) in [5, 5.41) is 8.49. The number of allylic oxidation sites excluding steroid dienone is 1. The molecule has 2 saturated heterocycles. The van der Waals surface area contributed by atoms with Crippen molar-refractivity contribution in [3.05, 3.63) is 85.0 Å². The second kappa shape index (κ2) is 14.8. The van der Waals surface area contributed by atoms with Crippen LogP contribution in [-0.4, -0.2) is 53.0 Å². The summed E-state index contributed by atoms with van der Waals surface area (Å²) >= 11 is 4.71. The zero-order chi connectivity index (χ0) is 32.6. The quantitative estimate of drug-likeness (QED) is 0.209. The summed E-state index contributed by atoms with van der Waals surface area (Å²) in [7, 11) is -0.701. The zero-order valence-electron chi connectivity index (χ0n) is 26.4. The first-order chi connectivity index (χ1) is 19.9. The van der Waals surface area contributed by atoms with Crippen molar-refractivity contribution >= 4 is 48.0 Å². The highest BCUT2D eigenvalue weighted by atomic mass is 35.5. The van der Waals surface area contributed by atoms with Gasteiger partial charge in [-0.2, -0.15) is 0 Å². The fourth-order valence-electron chi connectivity index (χ4n) is 3.72. The Labute approximate surface area is 261 Å². The Morgan fingerprint density at radius 3 is 1.33 bits per heavy atom. The molecule has 1 N–H and O–H groups in total. The molecule has 2 aromatic rings. The van der Waals surface area contributed by atoms with E-state index in [-0.39, 0.29) is 49.9 Å². The van der Waals surface area contributed by atoms with Crippen LogP contribution < -0.4 is 10.9 Å². The molecule has 232 valence electrons. The smallest absolute Gasteiger partial charge is 0.458 e. The van der Waals surface area contributed by atoms with Gasteiger partial charge in [0, 0.05) is 6.08 Å². The molecule has 2 aliphatic heterocycles. The molecule has 0 aliphatic carbocycles. The van der Waals surface area contributed by atoms with E-state index in [0.717, 1.165) is 34.2 Å². The molecular weight excluding hydrogens is 569 g/mol. The number of aliphatic hydroxyl groups excluding tert-OH is 1. The predicted octanol–water partition coefficient (Wildman–Crippen LogP) is 4.63. The van der Waals surface area contributed by atoms with E-state index in [2.05, 4.69) is 13.2 Å². The van der Waals surface area contributed by atoms with Crippen molar-refractivity contribution in [3.8, 4) is 0 Å². The van der Waals surface area contributed by atoms with Gasteiger partial charge in [-0.1, -0.05) is 61.7 Å². The molecule has 0 amide bonds. The normalized spacial score (nSPS) is 18.8. The van der Waals surface area contributed by atoms with Gasteiger partial charge in [0.05, 0.1) is 29.0 Å². The van der Waals surface area contributed by atoms with Gasteiger partial charge in [-0.3, -0.25) is 4.79 Å². The van der Waals surface area contributed by atoms with Crippen LogP contribution in [0.1, 0.15) is 66.5 Å². The average Bonchev–Trinajstić information content (AvgIpc) is 3.31. The van der Waals surface area contributed by atoms with Crippen molar-refractivity contribution in [2.75, 3.05) is 0 Å². The van der Waals surface area contributed by atoms with Gasteiger partial charge in [0.25, 0.3) is 0 Å². The van der Waals surface area contributed by atoms with Crippen LogP contribution in [-0.2, 0) is 46.2 Å². The van der Waals surface area contributed by atoms with Crippen LogP contribution in [0.2, 0.25) is 0 Å². The van der Waals surface area contributed by atoms with Gasteiger partial charge in [-0.25, -0.2) is 4.79 Å². The van der Waals surface area contributed by atoms with E-state index in [1.807, 2.05) is 104 Å². The van der Waals surface area contributed by atoms with Gasteiger partial charge in [-0.05, 0) is 95.1 Å². The second-order valence-electron chi connectivity index (χ2n) is 12.1. The number of ether oxygens (including phenoxy) is 1. The molecule has 4 rings (SSSR count). The van der Waals surface area contributed by atoms with E-state index in [4.69, 9.17) is 40.1 Å². The number of carbonyl (C=O) groups excluding carboxylic acids is 2. The first kappa shape index (κ1) is 36.5. The Bertz CT molecular complexity index is 1230. The van der Waals surface area contributed by atoms with Gasteiger partial charge >= 0.3 is 20.2 Å². The molecule has 8 nitrogen and oxygen atoms in total. The number of hydrogen-bond acceptors (Lipinski definition) is 8. The number of esters is 1. The lowest BCUT2D eigenvalue weighted by molar-refractivity contribution is -0.139. The summed E-state index contributed by atoms with van der Waals surface area (Å²) < 4.78 is 28.8. The topological polar surface area (TPSA) is 101 Å². The summed E-state index contributed by atoms with van der Waals surface area (Å²) in [4.78, 5) is 20.5. The fourth-order valence-corrected chi connectivity index (χ4v) is 3.72. The lowest BCUT2D eigenvalue weighted by Gasteiger charge is -2.32. The number of halogens is 1. The van der Waals surface area contributed by atoms with Crippen molar-refractivity contribution in [1.82, 2.24) is 0 Å². The van der Waals surface area contributed by atoms with Crippen LogP contribution in [0.4, 0.5) is 0 Å². The van der Waals surface area contributed by atoms with E-state index in [9.17, 15) is 9.59 Å². The summed E-state index contributed by atoms with van der Waals surface area (Å²) in [6.07, 6.45) is 2.19. The first-order valence-corrected chi connectivity index (χ1v) is 14.4. The molecule has 0 saturated carbocycles. The molecule has 2 heterocycles. The molecule has 0 radical (unpaired) electrons. The van der Waals surface area contributed by atoms with Crippen molar-refractivity contribution in [3.63, 3.8) is 0 Å². The molecule has 2 aromatic carbocycles. The van der Waals surface area contributed by atoms with Crippen molar-refractivity contribution in [2.45, 2.75) is 91.0 Å². The average molecular weight is 613 g/mol. The Balaban J connectivity index is 0.000000264. The van der Waals surface area contributed by atoms with Crippen LogP contribution in [0, 0.1) is 0 Å². The summed E-state index contributed by atoms with van der Waals surface area (Å²) in [5.41, 5.74) is 2.41. The van der Waals surface area contributed by atoms with Gasteiger partial charge < -0.3 is 28.5 Å². The van der Waals surface area contributed by atoms with E-state index >= 15 is 0 Å². The maximum absolute atomic E-state index is 11.0. The molecule has 0 aromatic heterocycles. The lowest BCUT2D eigenvalue weighted by Crippen LogP contribution is -2.41. The Morgan fingerprint density at radius 2 is 1.05 bits per heavy atom. The van der Waals surface area contributed by atoms with Crippen molar-refractivity contribution in [2.24, 2.45) is 0 Å². The number of aliphatic hydroxyl groups is 1. The van der Waals surface area contributed by atoms with Crippen LogP contribution in [0.15, 0.2) is 73.8 Å². The largest absolute Gasteiger partial charge is 0.494 e. The molecule has 0 atom stereocenters. The zero-order valence-corrected chi connectivity index (χ0v) is 27.2. The molecule has 0 unspecified atom stereocenters. The van der Waals surface area contributed by atoms with Gasteiger partial charge in [0.2, 0.25) is 5.24 Å². The molecule has 2 aliphatic rings. The van der Waals surface area contributed by atoms with E-state index < -0.39 is 11.2 Å². The second-order valence-corrected chi connectivity index (χ2v) is 12.5. The SMILES string of the molecule is C=CC(=O)Cl.C=CC(=O)OCc1ccc(B2OC(C)(C)C(C)(C)O2)cc1.CC1(C)OB(c2ccc(CO)cc2)OC1(C)C. The molecule has 0 bridgehead atoms. The Hall–Kier alpha value is -2.72. The molecular formula is C32H43B2ClO8. The van der Waals surface area contributed by atoms with Crippen LogP contribution in [0.5, 0.6) is 0 Å². The fraction of sp³-hybridized carbons (Fsp3) is 0.438. The highest BCUT2D eigenvalue weighted by molar-refractivity contribution is 6.66. The van der Waals surface area contributed by atoms with Crippen molar-refractivity contribution < 1.29 is 38.0 Å². The van der Waals surface area contributed by atoms with Crippen LogP contribution in [0.25, 0.3) is 0 Å². The lowest BCUT2D eigenvalue weighted by atomic mass is 9.79. The number of rotatable bonds is 7. The minimum absolute atomic E-state index is 0.0592. The number of benzene rings is 2. The minimum atomic E-state index is -0.509. The highest BCUT2D eigenvalue weighted by Gasteiger charge is 2.52. The van der Waals surface area contributed by atoms with Crippen LogP contribution >= 0.6 is 11.6 Å². The van der Waals surface area contributed by atoms with E-state index in [1.165, 1.54) is 0 Å². The van der Waals surface area contributed by atoms with E-state index in [0.29, 0.717) is 0 Å². The van der Waals surface area contributed by atoms with Gasteiger partial charge in [0.1, 0.15) is 6.61 Å². The monoisotopic (exact) mass is 612 g/mol. The standard InChI is InChI=1S/C16H21BO4.C13H19BO3.C3H3ClO/c1-6-14(18)19-11-12-7-9-13(10-8-12)17-20-15(2,3)16(4,5)21-17;1-12(2)13(3,4)17-14(16-12)11-7-5-10(9-15)6-8-11;1-2-3(4)5/h6-10H,1,11H2,2-5H3;5-8,15H,9H2,1-4H3;2H,1H2. The van der Waals surface area contributed by atoms with E-state index in [1.54, 1.807) is 0 Å². The first-order valence-electron chi connectivity index (χ1n) is 14.0. The third-order valence-corrected chi connectivity index (χ3v) is 8.06. The maximum atomic E-state index is 11.0. The Kier molecular flexibility index (Phi) is 12.6. The summed E-state index contributed by atoms with van der Waals surface area (Å²) in [6, 6.07) is 15.3. The van der Waals surface area contributed by atoms with Crippen molar-refractivity contribution in [1.29, 1.82) is 0 Å². The maximum Gasteiger partial charge on any atom is 0.494 e. The predicted molar refractivity (Wildman–Crippen MR) is 171 cm³/mol. The third kappa shape index (κ3) is 9.89. The number of carbonyl (C=O) groups is 2. The Morgan fingerprint density at radius 1 is 0.721 bits per heavy atom. The summed E-state index contributed by atoms with van der Waals surface area (Å²) in [6.45, 7) is 23.0. The highest BCUT2D eigenvalue weighted by Crippen LogP contribution is 2.37. The van der Waals surface area contributed by atoms with Gasteiger partial charge in [-0.15, -0.1) is 0 Å². The molecule has 2 fully saturated rings. The minimum Gasteiger partial charge on any atom is -0.458 e.